The van der Waals surface area contributed by atoms with Gasteiger partial charge in [-0.15, -0.1) is 0 Å². The number of fused-ring (bicyclic) bond motifs is 3. The molecule has 5 rings (SSSR count). The predicted molar refractivity (Wildman–Crippen MR) is 100 cm³/mol. The summed E-state index contributed by atoms with van der Waals surface area (Å²) in [6.45, 7) is 2.19. The van der Waals surface area contributed by atoms with E-state index in [1.165, 1.54) is 41.0 Å². The van der Waals surface area contributed by atoms with Gasteiger partial charge in [0.15, 0.2) is 0 Å². The minimum absolute atomic E-state index is 0.460. The third-order valence-corrected chi connectivity index (χ3v) is 7.80. The summed E-state index contributed by atoms with van der Waals surface area (Å²) in [6.07, 6.45) is 7.82. The van der Waals surface area contributed by atoms with Crippen molar-refractivity contribution in [1.82, 2.24) is 0 Å². The monoisotopic (exact) mass is 366 g/mol. The van der Waals surface area contributed by atoms with Gasteiger partial charge in [-0.2, -0.15) is 0 Å². The molecule has 0 saturated carbocycles. The van der Waals surface area contributed by atoms with Crippen LogP contribution in [0.4, 0.5) is 0 Å². The van der Waals surface area contributed by atoms with Crippen molar-refractivity contribution in [3.63, 3.8) is 0 Å². The third kappa shape index (κ3) is 1.95. The van der Waals surface area contributed by atoms with Crippen LogP contribution in [-0.4, -0.2) is 14.5 Å². The standard InChI is InChI=1S/C20H14SSe/c1-12-6-16-7-14-8-17-11-19(13-4-2-3-5-13)22-20(17)10-15(14)9-18(16)21-12/h2-4,6-11H,5H2,1H3. The Kier molecular flexibility index (Phi) is 2.75. The van der Waals surface area contributed by atoms with Crippen LogP contribution in [0, 0.1) is 6.92 Å². The van der Waals surface area contributed by atoms with E-state index in [1.807, 2.05) is 11.3 Å². The summed E-state index contributed by atoms with van der Waals surface area (Å²) in [5.41, 5.74) is 1.51. The second kappa shape index (κ2) is 4.70. The molecule has 0 nitrogen and oxygen atoms in total. The van der Waals surface area contributed by atoms with E-state index in [1.54, 1.807) is 4.44 Å². The van der Waals surface area contributed by atoms with Gasteiger partial charge in [0.25, 0.3) is 0 Å². The van der Waals surface area contributed by atoms with Gasteiger partial charge in [0.1, 0.15) is 0 Å². The first kappa shape index (κ1) is 12.9. The second-order valence-electron chi connectivity index (χ2n) is 5.92. The van der Waals surface area contributed by atoms with E-state index in [9.17, 15) is 0 Å². The zero-order chi connectivity index (χ0) is 14.7. The van der Waals surface area contributed by atoms with Gasteiger partial charge in [-0.3, -0.25) is 0 Å². The summed E-state index contributed by atoms with van der Waals surface area (Å²) in [5.74, 6) is 0. The maximum absolute atomic E-state index is 2.42. The number of allylic oxidation sites excluding steroid dienone is 4. The van der Waals surface area contributed by atoms with E-state index in [2.05, 4.69) is 61.5 Å². The molecule has 0 aliphatic heterocycles. The number of thiophene rings is 1. The van der Waals surface area contributed by atoms with Gasteiger partial charge in [0, 0.05) is 0 Å². The molecule has 0 spiro atoms. The maximum atomic E-state index is 2.42. The molecule has 2 heteroatoms. The molecule has 0 amide bonds. The van der Waals surface area contributed by atoms with Crippen molar-refractivity contribution >= 4 is 61.9 Å². The number of rotatable bonds is 1. The van der Waals surface area contributed by atoms with Crippen LogP contribution in [0.2, 0.25) is 0 Å². The van der Waals surface area contributed by atoms with E-state index >= 15 is 0 Å². The summed E-state index contributed by atoms with van der Waals surface area (Å²) in [5, 5.41) is 5.57. The molecule has 2 aromatic carbocycles. The Morgan fingerprint density at radius 2 is 1.77 bits per heavy atom. The molecule has 4 aromatic rings. The molecular formula is C20H14SSe. The van der Waals surface area contributed by atoms with Gasteiger partial charge < -0.3 is 0 Å². The first-order valence-corrected chi connectivity index (χ1v) is 10.0. The normalized spacial score (nSPS) is 14.5. The van der Waals surface area contributed by atoms with Crippen LogP contribution >= 0.6 is 11.3 Å². The number of hydrogen-bond donors (Lipinski definition) is 0. The number of hydrogen-bond acceptors (Lipinski definition) is 1. The zero-order valence-electron chi connectivity index (χ0n) is 12.2. The SMILES string of the molecule is Cc1cc2cc3cc4cc(C5=CC=CC5)[se]c4cc3cc2s1. The van der Waals surface area contributed by atoms with E-state index in [4.69, 9.17) is 0 Å². The molecule has 22 heavy (non-hydrogen) atoms. The Balaban J connectivity index is 1.77. The Morgan fingerprint density at radius 3 is 2.64 bits per heavy atom. The average molecular weight is 365 g/mol. The van der Waals surface area contributed by atoms with Crippen LogP contribution in [0.5, 0.6) is 0 Å². The van der Waals surface area contributed by atoms with Crippen molar-refractivity contribution in [1.29, 1.82) is 0 Å². The summed E-state index contributed by atoms with van der Waals surface area (Å²) < 4.78 is 4.50. The molecule has 2 aromatic heterocycles. The molecule has 0 unspecified atom stereocenters. The Morgan fingerprint density at radius 1 is 0.909 bits per heavy atom. The zero-order valence-corrected chi connectivity index (χ0v) is 14.7. The first-order valence-electron chi connectivity index (χ1n) is 7.50. The van der Waals surface area contributed by atoms with E-state index in [-0.39, 0.29) is 0 Å². The third-order valence-electron chi connectivity index (χ3n) is 4.32. The minimum atomic E-state index is 0.460. The summed E-state index contributed by atoms with van der Waals surface area (Å²) >= 11 is 2.36. The fraction of sp³-hybridized carbons (Fsp3) is 0.100. The van der Waals surface area contributed by atoms with Crippen LogP contribution < -0.4 is 0 Å². The molecule has 1 aliphatic carbocycles. The molecule has 0 bridgehead atoms. The van der Waals surface area contributed by atoms with Crippen LogP contribution in [0.25, 0.3) is 36.1 Å². The summed E-state index contributed by atoms with van der Waals surface area (Å²) in [7, 11) is 0. The van der Waals surface area contributed by atoms with Gasteiger partial charge in [0.05, 0.1) is 0 Å². The Hall–Kier alpha value is -1.60. The molecule has 0 fully saturated rings. The van der Waals surface area contributed by atoms with E-state index in [0.717, 1.165) is 6.42 Å². The van der Waals surface area contributed by atoms with Gasteiger partial charge in [-0.05, 0) is 0 Å². The topological polar surface area (TPSA) is 0 Å². The van der Waals surface area contributed by atoms with E-state index < -0.39 is 0 Å². The van der Waals surface area contributed by atoms with Gasteiger partial charge in [-0.25, -0.2) is 0 Å². The van der Waals surface area contributed by atoms with Crippen molar-refractivity contribution in [2.75, 3.05) is 0 Å². The van der Waals surface area contributed by atoms with Crippen molar-refractivity contribution in [3.05, 3.63) is 63.9 Å². The summed E-state index contributed by atoms with van der Waals surface area (Å²) in [6, 6.07) is 14.2. The van der Waals surface area contributed by atoms with Crippen molar-refractivity contribution in [2.45, 2.75) is 13.3 Å². The van der Waals surface area contributed by atoms with Gasteiger partial charge >= 0.3 is 139 Å². The fourth-order valence-electron chi connectivity index (χ4n) is 3.24. The van der Waals surface area contributed by atoms with Crippen LogP contribution in [-0.2, 0) is 0 Å². The van der Waals surface area contributed by atoms with E-state index in [0.29, 0.717) is 14.5 Å². The molecular weight excluding hydrogens is 351 g/mol. The second-order valence-corrected chi connectivity index (χ2v) is 9.48. The van der Waals surface area contributed by atoms with Gasteiger partial charge in [0.2, 0.25) is 0 Å². The molecule has 0 N–H and O–H groups in total. The van der Waals surface area contributed by atoms with Crippen molar-refractivity contribution < 1.29 is 0 Å². The molecule has 1 aliphatic rings. The van der Waals surface area contributed by atoms with Crippen molar-refractivity contribution in [2.24, 2.45) is 0 Å². The first-order chi connectivity index (χ1) is 10.8. The van der Waals surface area contributed by atoms with Gasteiger partial charge in [-0.1, -0.05) is 0 Å². The number of benzene rings is 2. The van der Waals surface area contributed by atoms with Crippen LogP contribution in [0.1, 0.15) is 15.7 Å². The average Bonchev–Trinajstić information content (AvgIpc) is 3.20. The molecule has 2 heterocycles. The van der Waals surface area contributed by atoms with Crippen LogP contribution in [0.15, 0.2) is 54.6 Å². The molecule has 0 atom stereocenters. The molecule has 106 valence electrons. The van der Waals surface area contributed by atoms with Crippen LogP contribution in [0.3, 0.4) is 0 Å². The summed E-state index contributed by atoms with van der Waals surface area (Å²) in [4.78, 5) is 1.39. The quantitative estimate of drug-likeness (QED) is 0.368. The Bertz CT molecular complexity index is 1030. The molecule has 0 radical (unpaired) electrons. The van der Waals surface area contributed by atoms with Crippen molar-refractivity contribution in [3.8, 4) is 0 Å². The molecule has 0 saturated heterocycles. The Labute approximate surface area is 139 Å². The fourth-order valence-corrected chi connectivity index (χ4v) is 6.56. The number of aryl methyl sites for hydroxylation is 1. The predicted octanol–water partition coefficient (Wildman–Crippen LogP) is 5.92.